The smallest absolute Gasteiger partial charge is 0.549 e. The number of carboxylic acid groups (broad SMARTS) is 1. The fourth-order valence-electron chi connectivity index (χ4n) is 1.62. The molecule has 112 valence electrons. The Kier molecular flexibility index (Phi) is 16.9. The van der Waals surface area contributed by atoms with Crippen molar-refractivity contribution >= 4 is 16.0 Å². The summed E-state index contributed by atoms with van der Waals surface area (Å²) in [6.07, 6.45) is 10.5. The Hall–Kier alpha value is 0.756. The van der Waals surface area contributed by atoms with E-state index in [0.717, 1.165) is 18.2 Å². The molecule has 0 rings (SSSR count). The first-order valence-corrected chi connectivity index (χ1v) is 8.38. The van der Waals surface area contributed by atoms with Gasteiger partial charge in [-0.05, 0) is 12.8 Å². The van der Waals surface area contributed by atoms with Crippen LogP contribution in [0.15, 0.2) is 11.5 Å². The Bertz CT molecular complexity index is 369. The van der Waals surface area contributed by atoms with Gasteiger partial charge in [0.15, 0.2) is 0 Å². The SMILES string of the molecule is CCCCCCCCC/C=C/S(=O)(=O)NCC(=O)[O-].[K+]. The molecule has 0 amide bonds. The number of rotatable bonds is 12. The molecular weight excluding hydrogens is 305 g/mol. The van der Waals surface area contributed by atoms with E-state index in [1.54, 1.807) is 6.08 Å². The van der Waals surface area contributed by atoms with E-state index in [4.69, 9.17) is 0 Å². The van der Waals surface area contributed by atoms with Crippen molar-refractivity contribution in [3.05, 3.63) is 11.5 Å². The maximum atomic E-state index is 11.3. The standard InChI is InChI=1S/C13H25NO4S.K/c1-2-3-4-5-6-7-8-9-10-11-19(17,18)14-12-13(15)16;/h10-11,14H,2-9,12H2,1H3,(H,15,16);/q;+1/p-1/b11-10+;. The third-order valence-corrected chi connectivity index (χ3v) is 3.76. The molecule has 0 fully saturated rings. The number of hydrogen-bond donors (Lipinski definition) is 1. The third-order valence-electron chi connectivity index (χ3n) is 2.67. The fraction of sp³-hybridized carbons (Fsp3) is 0.769. The van der Waals surface area contributed by atoms with Gasteiger partial charge < -0.3 is 9.90 Å². The number of carbonyl (C=O) groups is 1. The monoisotopic (exact) mass is 329 g/mol. The van der Waals surface area contributed by atoms with Crippen molar-refractivity contribution < 1.29 is 69.7 Å². The van der Waals surface area contributed by atoms with Crippen LogP contribution < -0.4 is 61.2 Å². The number of carbonyl (C=O) groups excluding carboxylic acids is 1. The Morgan fingerprint density at radius 1 is 1.10 bits per heavy atom. The quantitative estimate of drug-likeness (QED) is 0.342. The van der Waals surface area contributed by atoms with Crippen molar-refractivity contribution in [3.8, 4) is 0 Å². The summed E-state index contributed by atoms with van der Waals surface area (Å²) in [5, 5.41) is 11.1. The summed E-state index contributed by atoms with van der Waals surface area (Å²) < 4.78 is 24.4. The van der Waals surface area contributed by atoms with Crippen molar-refractivity contribution in [1.29, 1.82) is 0 Å². The molecule has 0 saturated carbocycles. The van der Waals surface area contributed by atoms with Gasteiger partial charge in [0.2, 0.25) is 10.0 Å². The van der Waals surface area contributed by atoms with E-state index in [-0.39, 0.29) is 51.4 Å². The molecule has 0 heterocycles. The van der Waals surface area contributed by atoms with E-state index in [9.17, 15) is 18.3 Å². The first-order chi connectivity index (χ1) is 8.98. The zero-order valence-corrected chi connectivity index (χ0v) is 16.5. The fourth-order valence-corrected chi connectivity index (χ4v) is 2.43. The predicted molar refractivity (Wildman–Crippen MR) is 73.7 cm³/mol. The molecule has 0 spiro atoms. The molecule has 0 aromatic carbocycles. The second kappa shape index (κ2) is 14.7. The van der Waals surface area contributed by atoms with Crippen molar-refractivity contribution in [2.75, 3.05) is 6.54 Å². The largest absolute Gasteiger partial charge is 1.00 e. The molecule has 20 heavy (non-hydrogen) atoms. The Morgan fingerprint density at radius 3 is 2.20 bits per heavy atom. The minimum Gasteiger partial charge on any atom is -0.549 e. The molecule has 1 N–H and O–H groups in total. The normalized spacial score (nSPS) is 11.4. The van der Waals surface area contributed by atoms with Crippen LogP contribution in [0, 0.1) is 0 Å². The second-order valence-electron chi connectivity index (χ2n) is 4.52. The third kappa shape index (κ3) is 16.8. The summed E-state index contributed by atoms with van der Waals surface area (Å²) in [5.41, 5.74) is 0. The predicted octanol–water partition coefficient (Wildman–Crippen LogP) is -1.69. The van der Waals surface area contributed by atoms with Gasteiger partial charge in [0, 0.05) is 5.41 Å². The first-order valence-electron chi connectivity index (χ1n) is 6.84. The molecule has 0 aliphatic carbocycles. The van der Waals surface area contributed by atoms with E-state index in [1.165, 1.54) is 32.1 Å². The van der Waals surface area contributed by atoms with Gasteiger partial charge in [0.25, 0.3) is 0 Å². The van der Waals surface area contributed by atoms with Gasteiger partial charge in [0.1, 0.15) is 0 Å². The summed E-state index contributed by atoms with van der Waals surface area (Å²) >= 11 is 0. The van der Waals surface area contributed by atoms with Gasteiger partial charge in [-0.25, -0.2) is 13.1 Å². The molecule has 0 aliphatic rings. The minimum atomic E-state index is -3.63. The summed E-state index contributed by atoms with van der Waals surface area (Å²) in [6, 6.07) is 0. The number of allylic oxidation sites excluding steroid dienone is 1. The van der Waals surface area contributed by atoms with Gasteiger partial charge in [-0.15, -0.1) is 0 Å². The van der Waals surface area contributed by atoms with Gasteiger partial charge >= 0.3 is 51.4 Å². The van der Waals surface area contributed by atoms with Crippen LogP contribution in [0.4, 0.5) is 0 Å². The summed E-state index contributed by atoms with van der Waals surface area (Å²) in [4.78, 5) is 10.1. The zero-order chi connectivity index (χ0) is 14.6. The summed E-state index contributed by atoms with van der Waals surface area (Å²) in [6.45, 7) is 1.49. The van der Waals surface area contributed by atoms with Crippen LogP contribution in [0.1, 0.15) is 58.3 Å². The van der Waals surface area contributed by atoms with Gasteiger partial charge in [-0.1, -0.05) is 51.5 Å². The van der Waals surface area contributed by atoms with E-state index >= 15 is 0 Å². The zero-order valence-electron chi connectivity index (χ0n) is 12.6. The Labute approximate surface area is 165 Å². The van der Waals surface area contributed by atoms with Crippen LogP contribution in [0.2, 0.25) is 0 Å². The number of nitrogens with one attached hydrogen (secondary N) is 1. The molecule has 0 aromatic rings. The van der Waals surface area contributed by atoms with Crippen molar-refractivity contribution in [1.82, 2.24) is 4.72 Å². The molecule has 0 bridgehead atoms. The van der Waals surface area contributed by atoms with Crippen LogP contribution in [0.25, 0.3) is 0 Å². The average molecular weight is 330 g/mol. The molecular formula is C13H24KNO4S. The maximum Gasteiger partial charge on any atom is 1.00 e. The van der Waals surface area contributed by atoms with Gasteiger partial charge in [-0.3, -0.25) is 0 Å². The number of unbranched alkanes of at least 4 members (excludes halogenated alkanes) is 7. The van der Waals surface area contributed by atoms with E-state index in [0.29, 0.717) is 6.42 Å². The van der Waals surface area contributed by atoms with Crippen LogP contribution in [-0.4, -0.2) is 20.9 Å². The molecule has 0 atom stereocenters. The maximum absolute atomic E-state index is 11.3. The molecule has 0 radical (unpaired) electrons. The molecule has 0 aromatic heterocycles. The average Bonchev–Trinajstić information content (AvgIpc) is 2.34. The number of sulfonamides is 1. The summed E-state index contributed by atoms with van der Waals surface area (Å²) in [5.74, 6) is -1.44. The number of aliphatic carboxylic acids is 1. The topological polar surface area (TPSA) is 86.3 Å². The van der Waals surface area contributed by atoms with Crippen LogP contribution in [0.3, 0.4) is 0 Å². The second-order valence-corrected chi connectivity index (χ2v) is 6.17. The van der Waals surface area contributed by atoms with Gasteiger partial charge in [-0.2, -0.15) is 0 Å². The van der Waals surface area contributed by atoms with Crippen molar-refractivity contribution in [2.45, 2.75) is 58.3 Å². The number of hydrogen-bond acceptors (Lipinski definition) is 4. The molecule has 5 nitrogen and oxygen atoms in total. The molecule has 7 heteroatoms. The van der Waals surface area contributed by atoms with Crippen LogP contribution >= 0.6 is 0 Å². The van der Waals surface area contributed by atoms with E-state index in [1.807, 2.05) is 4.72 Å². The molecule has 0 saturated heterocycles. The van der Waals surface area contributed by atoms with Crippen molar-refractivity contribution in [3.63, 3.8) is 0 Å². The first kappa shape index (κ1) is 23.0. The van der Waals surface area contributed by atoms with Crippen LogP contribution in [0.5, 0.6) is 0 Å². The number of carboxylic acids is 1. The Balaban J connectivity index is 0. The minimum absolute atomic E-state index is 0. The van der Waals surface area contributed by atoms with E-state index < -0.39 is 22.5 Å². The molecule has 0 unspecified atom stereocenters. The van der Waals surface area contributed by atoms with Gasteiger partial charge in [0.05, 0.1) is 12.5 Å². The Morgan fingerprint density at radius 2 is 1.65 bits per heavy atom. The van der Waals surface area contributed by atoms with Crippen LogP contribution in [-0.2, 0) is 14.8 Å². The molecule has 0 aliphatic heterocycles. The van der Waals surface area contributed by atoms with Crippen molar-refractivity contribution in [2.24, 2.45) is 0 Å². The van der Waals surface area contributed by atoms with E-state index in [2.05, 4.69) is 6.92 Å². The summed E-state index contributed by atoms with van der Waals surface area (Å²) in [7, 11) is -3.63.